The molecule has 0 aliphatic carbocycles. The van der Waals surface area contributed by atoms with Crippen molar-refractivity contribution in [1.82, 2.24) is 19.5 Å². The van der Waals surface area contributed by atoms with Crippen LogP contribution in [0.5, 0.6) is 0 Å². The number of para-hydroxylation sites is 4. The Morgan fingerprint density at radius 3 is 1.60 bits per heavy atom. The van der Waals surface area contributed by atoms with Crippen molar-refractivity contribution in [2.45, 2.75) is 0 Å². The zero-order valence-corrected chi connectivity index (χ0v) is 30.4. The zero-order chi connectivity index (χ0) is 37.5. The standard InChI is InChI=1S/C51H30N4O2/c1-3-14-31(15-4-1)49-52-50(32-16-5-2-6-17-32)54-51(53-49)33-26-27-40-45(30-33)57-48-43(55-41-23-10-7-18-34(41)35-19-8-11-24-42(35)55)29-28-37(46(40)48)39-22-13-21-38-36-20-9-12-25-44(36)56-47(38)39/h1-30H. The number of rotatable bonds is 5. The summed E-state index contributed by atoms with van der Waals surface area (Å²) < 4.78 is 16.0. The highest BCUT2D eigenvalue weighted by molar-refractivity contribution is 6.20. The van der Waals surface area contributed by atoms with Crippen molar-refractivity contribution in [2.24, 2.45) is 0 Å². The highest BCUT2D eigenvalue weighted by Crippen LogP contribution is 2.45. The Bertz CT molecular complexity index is 3410. The van der Waals surface area contributed by atoms with E-state index in [9.17, 15) is 0 Å². The summed E-state index contributed by atoms with van der Waals surface area (Å²) in [4.78, 5) is 15.0. The van der Waals surface area contributed by atoms with Gasteiger partial charge in [-0.3, -0.25) is 0 Å². The van der Waals surface area contributed by atoms with Crippen molar-refractivity contribution in [3.05, 3.63) is 182 Å². The van der Waals surface area contributed by atoms with Crippen LogP contribution in [0.25, 0.3) is 117 Å². The van der Waals surface area contributed by atoms with Crippen LogP contribution in [0.1, 0.15) is 0 Å². The van der Waals surface area contributed by atoms with Crippen molar-refractivity contribution >= 4 is 65.7 Å². The first-order valence-corrected chi connectivity index (χ1v) is 19.0. The van der Waals surface area contributed by atoms with Gasteiger partial charge in [0.05, 0.1) is 16.7 Å². The molecule has 0 atom stereocenters. The molecular formula is C51H30N4O2. The van der Waals surface area contributed by atoms with Crippen molar-refractivity contribution in [3.63, 3.8) is 0 Å². The highest BCUT2D eigenvalue weighted by Gasteiger charge is 2.23. The molecule has 0 unspecified atom stereocenters. The van der Waals surface area contributed by atoms with Gasteiger partial charge in [-0.2, -0.15) is 0 Å². The number of hydrogen-bond acceptors (Lipinski definition) is 5. The van der Waals surface area contributed by atoms with Crippen LogP contribution in [-0.4, -0.2) is 19.5 Å². The van der Waals surface area contributed by atoms with Crippen LogP contribution in [0.4, 0.5) is 0 Å². The topological polar surface area (TPSA) is 69.9 Å². The lowest BCUT2D eigenvalue weighted by Crippen LogP contribution is -2.00. The second-order valence-electron chi connectivity index (χ2n) is 14.3. The summed E-state index contributed by atoms with van der Waals surface area (Å²) in [6.45, 7) is 0. The minimum atomic E-state index is 0.569. The van der Waals surface area contributed by atoms with E-state index in [0.29, 0.717) is 17.5 Å². The summed E-state index contributed by atoms with van der Waals surface area (Å²) in [5.74, 6) is 1.79. The molecule has 6 heteroatoms. The molecule has 4 aromatic heterocycles. The highest BCUT2D eigenvalue weighted by atomic mass is 16.3. The Morgan fingerprint density at radius 2 is 0.912 bits per heavy atom. The van der Waals surface area contributed by atoms with E-state index < -0.39 is 0 Å². The second-order valence-corrected chi connectivity index (χ2v) is 14.3. The zero-order valence-electron chi connectivity index (χ0n) is 30.4. The molecule has 4 heterocycles. The number of aromatic nitrogens is 4. The van der Waals surface area contributed by atoms with Gasteiger partial charge in [-0.05, 0) is 42.0 Å². The summed E-state index contributed by atoms with van der Waals surface area (Å²) in [6.07, 6.45) is 0. The Morgan fingerprint density at radius 1 is 0.351 bits per heavy atom. The third-order valence-corrected chi connectivity index (χ3v) is 11.1. The molecule has 0 aliphatic heterocycles. The third-order valence-electron chi connectivity index (χ3n) is 11.1. The lowest BCUT2D eigenvalue weighted by molar-refractivity contribution is 0.666. The quantitative estimate of drug-likeness (QED) is 0.176. The van der Waals surface area contributed by atoms with Crippen molar-refractivity contribution < 1.29 is 8.83 Å². The van der Waals surface area contributed by atoms with Gasteiger partial charge < -0.3 is 13.4 Å². The van der Waals surface area contributed by atoms with Gasteiger partial charge in [-0.15, -0.1) is 0 Å². The van der Waals surface area contributed by atoms with Crippen LogP contribution in [0.15, 0.2) is 191 Å². The molecule has 6 nitrogen and oxygen atoms in total. The molecule has 0 bridgehead atoms. The molecule has 0 amide bonds. The summed E-state index contributed by atoms with van der Waals surface area (Å²) >= 11 is 0. The van der Waals surface area contributed by atoms with E-state index in [1.54, 1.807) is 0 Å². The van der Waals surface area contributed by atoms with Crippen LogP contribution in [0.2, 0.25) is 0 Å². The van der Waals surface area contributed by atoms with Gasteiger partial charge in [-0.25, -0.2) is 15.0 Å². The number of furan rings is 2. The van der Waals surface area contributed by atoms with Crippen molar-refractivity contribution in [3.8, 4) is 51.0 Å². The monoisotopic (exact) mass is 730 g/mol. The first kappa shape index (κ1) is 31.5. The van der Waals surface area contributed by atoms with E-state index >= 15 is 0 Å². The minimum Gasteiger partial charge on any atom is -0.455 e. The molecule has 8 aromatic carbocycles. The average molecular weight is 731 g/mol. The molecule has 0 spiro atoms. The van der Waals surface area contributed by atoms with Gasteiger partial charge in [0, 0.05) is 54.6 Å². The van der Waals surface area contributed by atoms with Crippen LogP contribution in [0.3, 0.4) is 0 Å². The van der Waals surface area contributed by atoms with Gasteiger partial charge in [0.15, 0.2) is 23.1 Å². The van der Waals surface area contributed by atoms with E-state index in [1.807, 2.05) is 72.8 Å². The third kappa shape index (κ3) is 4.87. The number of hydrogen-bond donors (Lipinski definition) is 0. The number of nitrogens with zero attached hydrogens (tertiary/aromatic N) is 4. The van der Waals surface area contributed by atoms with Crippen LogP contribution >= 0.6 is 0 Å². The molecule has 0 radical (unpaired) electrons. The van der Waals surface area contributed by atoms with Crippen molar-refractivity contribution in [2.75, 3.05) is 0 Å². The van der Waals surface area contributed by atoms with E-state index in [-0.39, 0.29) is 0 Å². The maximum absolute atomic E-state index is 7.11. The lowest BCUT2D eigenvalue weighted by atomic mass is 9.96. The number of benzene rings is 8. The average Bonchev–Trinajstić information content (AvgIpc) is 3.97. The molecule has 0 saturated heterocycles. The van der Waals surface area contributed by atoms with Gasteiger partial charge >= 0.3 is 0 Å². The largest absolute Gasteiger partial charge is 0.455 e. The SMILES string of the molecule is c1ccc(-c2nc(-c3ccccc3)nc(-c3ccc4c(c3)oc3c(-n5c6ccccc6c6ccccc65)ccc(-c5cccc6c5oc5ccccc56)c34)n2)cc1. The Hall–Kier alpha value is -7.83. The molecule has 0 N–H and O–H groups in total. The van der Waals surface area contributed by atoms with Crippen molar-refractivity contribution in [1.29, 1.82) is 0 Å². The first-order chi connectivity index (χ1) is 28.3. The van der Waals surface area contributed by atoms with Gasteiger partial charge in [0.25, 0.3) is 0 Å². The van der Waals surface area contributed by atoms with Gasteiger partial charge in [-0.1, -0.05) is 146 Å². The van der Waals surface area contributed by atoms with E-state index in [2.05, 4.69) is 114 Å². The maximum atomic E-state index is 7.11. The maximum Gasteiger partial charge on any atom is 0.164 e. The molecule has 0 saturated carbocycles. The molecule has 0 fully saturated rings. The number of fused-ring (bicyclic) bond motifs is 9. The fourth-order valence-corrected chi connectivity index (χ4v) is 8.48. The fourth-order valence-electron chi connectivity index (χ4n) is 8.48. The Balaban J connectivity index is 1.14. The van der Waals surface area contributed by atoms with E-state index in [4.69, 9.17) is 23.8 Å². The van der Waals surface area contributed by atoms with Gasteiger partial charge in [0.2, 0.25) is 0 Å². The predicted molar refractivity (Wildman–Crippen MR) is 230 cm³/mol. The molecule has 12 rings (SSSR count). The Labute approximate surface area is 325 Å². The minimum absolute atomic E-state index is 0.569. The van der Waals surface area contributed by atoms with Crippen LogP contribution in [0, 0.1) is 0 Å². The van der Waals surface area contributed by atoms with Crippen LogP contribution < -0.4 is 0 Å². The summed E-state index contributed by atoms with van der Waals surface area (Å²) in [5, 5.41) is 6.55. The fraction of sp³-hybridized carbons (Fsp3) is 0. The second kappa shape index (κ2) is 12.3. The van der Waals surface area contributed by atoms with Gasteiger partial charge in [0.1, 0.15) is 16.7 Å². The normalized spacial score (nSPS) is 11.9. The summed E-state index contributed by atoms with van der Waals surface area (Å²) in [6, 6.07) is 62.5. The van der Waals surface area contributed by atoms with E-state index in [0.717, 1.165) is 88.4 Å². The predicted octanol–water partition coefficient (Wildman–Crippen LogP) is 13.4. The molecule has 57 heavy (non-hydrogen) atoms. The first-order valence-electron chi connectivity index (χ1n) is 19.0. The van der Waals surface area contributed by atoms with Crippen LogP contribution in [-0.2, 0) is 0 Å². The summed E-state index contributed by atoms with van der Waals surface area (Å²) in [5.41, 5.74) is 11.1. The summed E-state index contributed by atoms with van der Waals surface area (Å²) in [7, 11) is 0. The molecular weight excluding hydrogens is 701 g/mol. The molecule has 0 aliphatic rings. The Kier molecular flexibility index (Phi) is 6.83. The lowest BCUT2D eigenvalue weighted by Gasteiger charge is -2.12. The molecule has 266 valence electrons. The molecule has 12 aromatic rings. The van der Waals surface area contributed by atoms with E-state index in [1.165, 1.54) is 10.8 Å². The smallest absolute Gasteiger partial charge is 0.164 e.